The smallest absolute Gasteiger partial charge is 0.315 e. The Labute approximate surface area is 155 Å². The molecule has 0 heterocycles. The molecule has 1 amide bonds. The number of hydrogen-bond donors (Lipinski definition) is 1. The zero-order valence-electron chi connectivity index (χ0n) is 13.7. The van der Waals surface area contributed by atoms with Gasteiger partial charge in [0.05, 0.1) is 17.9 Å². The number of amides is 1. The lowest BCUT2D eigenvalue weighted by Crippen LogP contribution is -2.13. The monoisotopic (exact) mass is 379 g/mol. The van der Waals surface area contributed by atoms with Crippen molar-refractivity contribution in [3.63, 3.8) is 0 Å². The molecule has 5 nitrogen and oxygen atoms in total. The molecule has 0 radical (unpaired) electrons. The summed E-state index contributed by atoms with van der Waals surface area (Å²) in [5.74, 6) is 1.59. The molecule has 7 heteroatoms. The van der Waals surface area contributed by atoms with Crippen molar-refractivity contribution >= 4 is 40.9 Å². The Balaban J connectivity index is 1.79. The number of benzene rings is 2. The van der Waals surface area contributed by atoms with Gasteiger partial charge in [0.25, 0.3) is 0 Å². The Morgan fingerprint density at radius 1 is 1.12 bits per heavy atom. The minimum absolute atomic E-state index is 0.114. The van der Waals surface area contributed by atoms with Crippen molar-refractivity contribution in [2.75, 3.05) is 23.9 Å². The fourth-order valence-corrected chi connectivity index (χ4v) is 2.80. The van der Waals surface area contributed by atoms with Gasteiger partial charge in [0.2, 0.25) is 5.91 Å². The van der Waals surface area contributed by atoms with Gasteiger partial charge in [0.1, 0.15) is 11.5 Å². The summed E-state index contributed by atoms with van der Waals surface area (Å²) in [5, 5.41) is 3.33. The molecule has 0 aliphatic carbocycles. The summed E-state index contributed by atoms with van der Waals surface area (Å²) >= 11 is 7.41. The van der Waals surface area contributed by atoms with E-state index in [-0.39, 0.29) is 17.6 Å². The summed E-state index contributed by atoms with van der Waals surface area (Å²) in [6, 6.07) is 14.2. The Hall–Kier alpha value is -2.18. The first kappa shape index (κ1) is 19.1. The minimum atomic E-state index is -0.292. The molecule has 2 rings (SSSR count). The molecule has 0 aliphatic heterocycles. The first-order valence-corrected chi connectivity index (χ1v) is 9.08. The Morgan fingerprint density at radius 3 is 2.52 bits per heavy atom. The highest BCUT2D eigenvalue weighted by molar-refractivity contribution is 7.99. The van der Waals surface area contributed by atoms with Gasteiger partial charge in [0.15, 0.2) is 0 Å². The Morgan fingerprint density at radius 2 is 1.84 bits per heavy atom. The van der Waals surface area contributed by atoms with Crippen molar-refractivity contribution in [2.45, 2.75) is 6.42 Å². The van der Waals surface area contributed by atoms with Crippen LogP contribution >= 0.6 is 23.4 Å². The average molecular weight is 380 g/mol. The summed E-state index contributed by atoms with van der Waals surface area (Å²) in [6.07, 6.45) is 0.319. The van der Waals surface area contributed by atoms with Crippen LogP contribution < -0.4 is 10.1 Å². The van der Waals surface area contributed by atoms with Crippen LogP contribution in [0.25, 0.3) is 0 Å². The van der Waals surface area contributed by atoms with Crippen LogP contribution in [0.1, 0.15) is 6.42 Å². The van der Waals surface area contributed by atoms with E-state index < -0.39 is 0 Å². The lowest BCUT2D eigenvalue weighted by atomic mass is 10.3. The fourth-order valence-electron chi connectivity index (χ4n) is 1.86. The number of methoxy groups -OCH3 is 1. The maximum atomic E-state index is 11.9. The van der Waals surface area contributed by atoms with Crippen molar-refractivity contribution in [3.8, 4) is 11.5 Å². The lowest BCUT2D eigenvalue weighted by molar-refractivity contribution is -0.137. The van der Waals surface area contributed by atoms with Gasteiger partial charge in [0, 0.05) is 17.9 Å². The molecule has 2 aromatic carbocycles. The minimum Gasteiger partial charge on any atom is -0.468 e. The number of thioether (sulfide) groups is 1. The van der Waals surface area contributed by atoms with Gasteiger partial charge >= 0.3 is 5.97 Å². The highest BCUT2D eigenvalue weighted by Gasteiger charge is 2.06. The van der Waals surface area contributed by atoms with Crippen LogP contribution in [0.2, 0.25) is 5.02 Å². The Bertz CT molecular complexity index is 721. The first-order valence-electron chi connectivity index (χ1n) is 7.55. The predicted octanol–water partition coefficient (Wildman–Crippen LogP) is 4.37. The van der Waals surface area contributed by atoms with Gasteiger partial charge in [-0.15, -0.1) is 11.8 Å². The summed E-state index contributed by atoms with van der Waals surface area (Å²) < 4.78 is 10.2. The molecule has 0 aliphatic rings. The van der Waals surface area contributed by atoms with E-state index in [1.807, 2.05) is 12.1 Å². The molecule has 0 bridgehead atoms. The number of anilines is 1. The number of ether oxygens (including phenoxy) is 2. The summed E-state index contributed by atoms with van der Waals surface area (Å²) in [4.78, 5) is 22.8. The predicted molar refractivity (Wildman–Crippen MR) is 101 cm³/mol. The number of carbonyl (C=O) groups excluding carboxylic acids is 2. The van der Waals surface area contributed by atoms with Crippen molar-refractivity contribution in [3.05, 3.63) is 53.6 Å². The number of halogens is 1. The zero-order valence-corrected chi connectivity index (χ0v) is 15.2. The highest BCUT2D eigenvalue weighted by Crippen LogP contribution is 2.29. The van der Waals surface area contributed by atoms with Gasteiger partial charge in [-0.25, -0.2) is 0 Å². The number of rotatable bonds is 8. The molecule has 0 atom stereocenters. The van der Waals surface area contributed by atoms with Crippen LogP contribution in [-0.4, -0.2) is 30.5 Å². The average Bonchev–Trinajstić information content (AvgIpc) is 2.62. The molecule has 0 spiro atoms. The molecular weight excluding hydrogens is 362 g/mol. The molecule has 0 saturated carbocycles. The molecule has 25 heavy (non-hydrogen) atoms. The quantitative estimate of drug-likeness (QED) is 0.545. The van der Waals surface area contributed by atoms with Gasteiger partial charge in [-0.3, -0.25) is 9.59 Å². The van der Waals surface area contributed by atoms with Gasteiger partial charge in [-0.05, 0) is 36.4 Å². The molecule has 0 unspecified atom stereocenters. The van der Waals surface area contributed by atoms with Crippen molar-refractivity contribution in [2.24, 2.45) is 0 Å². The fraction of sp³-hybridized carbons (Fsp3) is 0.222. The molecule has 1 N–H and O–H groups in total. The van der Waals surface area contributed by atoms with Crippen molar-refractivity contribution < 1.29 is 19.1 Å². The van der Waals surface area contributed by atoms with E-state index >= 15 is 0 Å². The van der Waals surface area contributed by atoms with E-state index in [1.165, 1.54) is 18.9 Å². The van der Waals surface area contributed by atoms with E-state index in [1.54, 1.807) is 36.4 Å². The largest absolute Gasteiger partial charge is 0.468 e. The number of esters is 1. The van der Waals surface area contributed by atoms with Crippen LogP contribution in [0, 0.1) is 0 Å². The van der Waals surface area contributed by atoms with E-state index in [9.17, 15) is 9.59 Å². The number of hydrogen-bond acceptors (Lipinski definition) is 5. The molecule has 2 aromatic rings. The molecule has 0 aromatic heterocycles. The van der Waals surface area contributed by atoms with E-state index in [0.717, 1.165) is 0 Å². The first-order chi connectivity index (χ1) is 12.1. The maximum Gasteiger partial charge on any atom is 0.315 e. The third-order valence-corrected chi connectivity index (χ3v) is 4.37. The molecular formula is C18H18ClNO4S. The number of nitrogens with one attached hydrogen (secondary N) is 1. The topological polar surface area (TPSA) is 64.6 Å². The summed E-state index contributed by atoms with van der Waals surface area (Å²) in [6.45, 7) is 0. The van der Waals surface area contributed by atoms with Crippen LogP contribution in [0.15, 0.2) is 48.5 Å². The standard InChI is InChI=1S/C18H18ClNO4S/c1-23-18(22)12-25-11-10-17(21)20-13-6-8-14(9-7-13)24-16-5-3-2-4-15(16)19/h2-9H,10-12H2,1H3,(H,20,21). The second kappa shape index (κ2) is 9.96. The highest BCUT2D eigenvalue weighted by atomic mass is 35.5. The third-order valence-electron chi connectivity index (χ3n) is 3.12. The van der Waals surface area contributed by atoms with Gasteiger partial charge < -0.3 is 14.8 Å². The second-order valence-corrected chi connectivity index (χ2v) is 6.50. The second-order valence-electron chi connectivity index (χ2n) is 4.98. The van der Waals surface area contributed by atoms with Crippen LogP contribution in [0.4, 0.5) is 5.69 Å². The van der Waals surface area contributed by atoms with Crippen molar-refractivity contribution in [1.82, 2.24) is 0 Å². The maximum absolute atomic E-state index is 11.9. The molecule has 0 fully saturated rings. The summed E-state index contributed by atoms with van der Waals surface area (Å²) in [5.41, 5.74) is 0.675. The lowest BCUT2D eigenvalue weighted by Gasteiger charge is -2.09. The SMILES string of the molecule is COC(=O)CSCCC(=O)Nc1ccc(Oc2ccccc2Cl)cc1. The van der Waals surface area contributed by atoms with E-state index in [2.05, 4.69) is 10.1 Å². The number of para-hydroxylation sites is 1. The molecule has 132 valence electrons. The van der Waals surface area contributed by atoms with Crippen LogP contribution in [-0.2, 0) is 14.3 Å². The van der Waals surface area contributed by atoms with E-state index in [4.69, 9.17) is 16.3 Å². The summed E-state index contributed by atoms with van der Waals surface area (Å²) in [7, 11) is 1.34. The van der Waals surface area contributed by atoms with Crippen molar-refractivity contribution in [1.29, 1.82) is 0 Å². The zero-order chi connectivity index (χ0) is 18.1. The van der Waals surface area contributed by atoms with Crippen LogP contribution in [0.5, 0.6) is 11.5 Å². The van der Waals surface area contributed by atoms with Gasteiger partial charge in [-0.1, -0.05) is 23.7 Å². The Kier molecular flexibility index (Phi) is 7.63. The number of carbonyl (C=O) groups is 2. The third kappa shape index (κ3) is 6.68. The van der Waals surface area contributed by atoms with Gasteiger partial charge in [-0.2, -0.15) is 0 Å². The normalized spacial score (nSPS) is 10.2. The van der Waals surface area contributed by atoms with Crippen LogP contribution in [0.3, 0.4) is 0 Å². The van der Waals surface area contributed by atoms with E-state index in [0.29, 0.717) is 34.4 Å². The molecule has 0 saturated heterocycles.